The van der Waals surface area contributed by atoms with Crippen molar-refractivity contribution < 1.29 is 14.5 Å². The molecule has 0 radical (unpaired) electrons. The van der Waals surface area contributed by atoms with Gasteiger partial charge in [-0.15, -0.1) is 35.1 Å². The van der Waals surface area contributed by atoms with Crippen LogP contribution in [0.15, 0.2) is 24.3 Å². The van der Waals surface area contributed by atoms with Crippen LogP contribution in [0.2, 0.25) is 0 Å². The van der Waals surface area contributed by atoms with E-state index in [2.05, 4.69) is 13.8 Å². The van der Waals surface area contributed by atoms with Crippen LogP contribution in [0, 0.1) is 17.0 Å². The largest absolute Gasteiger partial charge is 0.492 e. The molecule has 0 N–H and O–H groups in total. The number of alkyl halides is 1. The second-order valence-corrected chi connectivity index (χ2v) is 11.1. The molecule has 0 saturated carbocycles. The van der Waals surface area contributed by atoms with Crippen molar-refractivity contribution in [3.05, 3.63) is 45.5 Å². The van der Waals surface area contributed by atoms with Crippen molar-refractivity contribution in [3.63, 3.8) is 0 Å². The number of carbonyl (C=O) groups is 1. The first kappa shape index (κ1) is 25.0. The van der Waals surface area contributed by atoms with Crippen LogP contribution in [-0.2, 0) is 0 Å². The standard InChI is InChI=1S/C23H29ClN2O4S2/c1-4-31-23(32-5-2)19-7-6-9-25(19)22(27)18-12-16-11-15(3)21(30-10-8-24)14-17(16)13-20(18)26(28)29/h11-14,19,23H,4-10H2,1-3H3/t19-/m0/s1. The zero-order valence-corrected chi connectivity index (χ0v) is 21.0. The first-order chi connectivity index (χ1) is 15.4. The Morgan fingerprint density at radius 3 is 2.56 bits per heavy atom. The van der Waals surface area contributed by atoms with Gasteiger partial charge in [-0.05, 0) is 65.8 Å². The molecule has 1 aliphatic heterocycles. The maximum Gasteiger partial charge on any atom is 0.282 e. The van der Waals surface area contributed by atoms with Crippen molar-refractivity contribution in [2.75, 3.05) is 30.5 Å². The van der Waals surface area contributed by atoms with Crippen molar-refractivity contribution in [3.8, 4) is 5.75 Å². The van der Waals surface area contributed by atoms with Crippen LogP contribution in [0.1, 0.15) is 42.6 Å². The molecule has 6 nitrogen and oxygen atoms in total. The van der Waals surface area contributed by atoms with Gasteiger partial charge >= 0.3 is 0 Å². The van der Waals surface area contributed by atoms with E-state index in [1.54, 1.807) is 12.1 Å². The van der Waals surface area contributed by atoms with E-state index in [1.165, 1.54) is 6.07 Å². The van der Waals surface area contributed by atoms with E-state index in [-0.39, 0.29) is 27.8 Å². The van der Waals surface area contributed by atoms with Crippen LogP contribution in [-0.4, -0.2) is 56.9 Å². The minimum absolute atomic E-state index is 0.0840. The number of carbonyl (C=O) groups excluding carboxylic acids is 1. The van der Waals surface area contributed by atoms with Gasteiger partial charge in [0.05, 0.1) is 21.4 Å². The van der Waals surface area contributed by atoms with Gasteiger partial charge in [-0.25, -0.2) is 0 Å². The Morgan fingerprint density at radius 1 is 1.25 bits per heavy atom. The summed E-state index contributed by atoms with van der Waals surface area (Å²) in [7, 11) is 0. The van der Waals surface area contributed by atoms with E-state index in [0.717, 1.165) is 35.3 Å². The molecular formula is C23H29ClN2O4S2. The minimum Gasteiger partial charge on any atom is -0.492 e. The highest BCUT2D eigenvalue weighted by molar-refractivity contribution is 8.17. The van der Waals surface area contributed by atoms with Crippen molar-refractivity contribution in [1.82, 2.24) is 4.90 Å². The maximum atomic E-state index is 13.6. The highest BCUT2D eigenvalue weighted by Gasteiger charge is 2.37. The van der Waals surface area contributed by atoms with Crippen molar-refractivity contribution in [1.29, 1.82) is 0 Å². The predicted molar refractivity (Wildman–Crippen MR) is 136 cm³/mol. The summed E-state index contributed by atoms with van der Waals surface area (Å²) in [4.78, 5) is 26.9. The molecule has 0 aromatic heterocycles. The molecule has 0 bridgehead atoms. The van der Waals surface area contributed by atoms with Crippen molar-refractivity contribution >= 4 is 57.5 Å². The van der Waals surface area contributed by atoms with Gasteiger partial charge in [0.2, 0.25) is 0 Å². The fourth-order valence-corrected chi connectivity index (χ4v) is 7.08. The first-order valence-electron chi connectivity index (χ1n) is 10.9. The maximum absolute atomic E-state index is 13.6. The number of thioether (sulfide) groups is 2. The minimum atomic E-state index is -0.462. The Hall–Kier alpha value is -1.64. The van der Waals surface area contributed by atoms with Gasteiger partial charge in [-0.1, -0.05) is 13.8 Å². The van der Waals surface area contributed by atoms with Gasteiger partial charge in [0.1, 0.15) is 17.9 Å². The number of hydrogen-bond acceptors (Lipinski definition) is 6. The molecule has 1 atom stereocenters. The summed E-state index contributed by atoms with van der Waals surface area (Å²) in [6.07, 6.45) is 1.85. The number of aryl methyl sites for hydroxylation is 1. The number of nitro benzene ring substituents is 1. The number of fused-ring (bicyclic) bond motifs is 1. The Balaban J connectivity index is 2.01. The molecule has 2 aromatic rings. The number of ether oxygens (including phenoxy) is 1. The van der Waals surface area contributed by atoms with Gasteiger partial charge in [0.25, 0.3) is 11.6 Å². The van der Waals surface area contributed by atoms with Crippen LogP contribution in [0.5, 0.6) is 5.75 Å². The fourth-order valence-electron chi connectivity index (χ4n) is 4.14. The summed E-state index contributed by atoms with van der Waals surface area (Å²) in [6, 6.07) is 6.92. The average molecular weight is 497 g/mol. The molecule has 3 rings (SSSR count). The normalized spacial score (nSPS) is 16.2. The second kappa shape index (κ2) is 11.5. The number of nitrogens with zero attached hydrogens (tertiary/aromatic N) is 2. The number of halogens is 1. The number of amides is 1. The lowest BCUT2D eigenvalue weighted by atomic mass is 10.0. The fraction of sp³-hybridized carbons (Fsp3) is 0.522. The lowest BCUT2D eigenvalue weighted by molar-refractivity contribution is -0.385. The van der Waals surface area contributed by atoms with Crippen LogP contribution < -0.4 is 4.74 Å². The first-order valence-corrected chi connectivity index (χ1v) is 13.5. The lowest BCUT2D eigenvalue weighted by Crippen LogP contribution is -2.41. The molecule has 1 amide bonds. The summed E-state index contributed by atoms with van der Waals surface area (Å²) in [5, 5.41) is 13.4. The lowest BCUT2D eigenvalue weighted by Gasteiger charge is -2.31. The smallest absolute Gasteiger partial charge is 0.282 e. The summed E-state index contributed by atoms with van der Waals surface area (Å²) >= 11 is 9.42. The highest BCUT2D eigenvalue weighted by atomic mass is 35.5. The number of hydrogen-bond donors (Lipinski definition) is 0. The van der Waals surface area contributed by atoms with E-state index in [0.29, 0.717) is 30.2 Å². The van der Waals surface area contributed by atoms with Gasteiger partial charge < -0.3 is 9.64 Å². The molecular weight excluding hydrogens is 468 g/mol. The SMILES string of the molecule is CCSC(SCC)[C@@H]1CCCN1C(=O)c1cc2cc(C)c(OCCCl)cc2cc1[N+](=O)[O-]. The van der Waals surface area contributed by atoms with E-state index in [4.69, 9.17) is 16.3 Å². The van der Waals surface area contributed by atoms with Gasteiger partial charge in [0, 0.05) is 12.6 Å². The number of nitro groups is 1. The monoisotopic (exact) mass is 496 g/mol. The molecule has 0 aliphatic carbocycles. The van der Waals surface area contributed by atoms with Crippen LogP contribution in [0.4, 0.5) is 5.69 Å². The molecule has 32 heavy (non-hydrogen) atoms. The Bertz CT molecular complexity index is 982. The molecule has 174 valence electrons. The van der Waals surface area contributed by atoms with Crippen LogP contribution >= 0.6 is 35.1 Å². The van der Waals surface area contributed by atoms with Crippen molar-refractivity contribution in [2.45, 2.75) is 44.2 Å². The number of benzene rings is 2. The van der Waals surface area contributed by atoms with Gasteiger partial charge in [-0.2, -0.15) is 0 Å². The molecule has 1 saturated heterocycles. The molecule has 1 aliphatic rings. The quantitative estimate of drug-likeness (QED) is 0.171. The Labute approximate surface area is 202 Å². The van der Waals surface area contributed by atoms with Gasteiger partial charge in [-0.3, -0.25) is 14.9 Å². The zero-order chi connectivity index (χ0) is 23.3. The molecule has 9 heteroatoms. The summed E-state index contributed by atoms with van der Waals surface area (Å²) in [5.41, 5.74) is 0.890. The second-order valence-electron chi connectivity index (χ2n) is 7.62. The predicted octanol–water partition coefficient (Wildman–Crippen LogP) is 6.11. The topological polar surface area (TPSA) is 72.7 Å². The highest BCUT2D eigenvalue weighted by Crippen LogP contribution is 2.37. The van der Waals surface area contributed by atoms with Crippen LogP contribution in [0.3, 0.4) is 0 Å². The third kappa shape index (κ3) is 5.46. The third-order valence-corrected chi connectivity index (χ3v) is 8.47. The van der Waals surface area contributed by atoms with Crippen LogP contribution in [0.25, 0.3) is 10.8 Å². The van der Waals surface area contributed by atoms with E-state index in [9.17, 15) is 14.9 Å². The van der Waals surface area contributed by atoms with Crippen molar-refractivity contribution in [2.24, 2.45) is 0 Å². The summed E-state index contributed by atoms with van der Waals surface area (Å²) in [6.45, 7) is 7.15. The van der Waals surface area contributed by atoms with E-state index in [1.807, 2.05) is 41.4 Å². The molecule has 0 spiro atoms. The van der Waals surface area contributed by atoms with E-state index >= 15 is 0 Å². The van der Waals surface area contributed by atoms with E-state index < -0.39 is 4.92 Å². The number of rotatable bonds is 10. The molecule has 0 unspecified atom stereocenters. The third-order valence-electron chi connectivity index (χ3n) is 5.55. The zero-order valence-electron chi connectivity index (χ0n) is 18.6. The number of likely N-dealkylation sites (tertiary alicyclic amines) is 1. The summed E-state index contributed by atoms with van der Waals surface area (Å²) in [5.74, 6) is 2.69. The molecule has 2 aromatic carbocycles. The Kier molecular flexibility index (Phi) is 8.96. The molecule has 1 heterocycles. The Morgan fingerprint density at radius 2 is 1.94 bits per heavy atom. The molecule has 1 fully saturated rings. The summed E-state index contributed by atoms with van der Waals surface area (Å²) < 4.78 is 5.94. The van der Waals surface area contributed by atoms with Gasteiger partial charge in [0.15, 0.2) is 0 Å². The average Bonchev–Trinajstić information content (AvgIpc) is 3.26.